The summed E-state index contributed by atoms with van der Waals surface area (Å²) in [6.45, 7) is 0. The summed E-state index contributed by atoms with van der Waals surface area (Å²) in [7, 11) is -3.66. The molecule has 0 radical (unpaired) electrons. The molecule has 0 heterocycles. The molecular weight excluding hydrogens is 248 g/mol. The Morgan fingerprint density at radius 2 is 1.33 bits per heavy atom. The minimum Gasteiger partial charge on any atom is -0.225 e. The minimum atomic E-state index is -3.66. The van der Waals surface area contributed by atoms with E-state index in [4.69, 9.17) is 10.4 Å². The van der Waals surface area contributed by atoms with Gasteiger partial charge in [-0.3, -0.25) is 0 Å². The number of nitriles is 1. The number of hydrogen-bond donors (Lipinski definition) is 1. The van der Waals surface area contributed by atoms with Crippen molar-refractivity contribution in [3.05, 3.63) is 54.1 Å². The second-order valence-corrected chi connectivity index (χ2v) is 5.32. The van der Waals surface area contributed by atoms with Crippen molar-refractivity contribution in [3.63, 3.8) is 0 Å². The van der Waals surface area contributed by atoms with Gasteiger partial charge in [-0.1, -0.05) is 24.3 Å². The van der Waals surface area contributed by atoms with Gasteiger partial charge in [-0.25, -0.2) is 13.6 Å². The van der Waals surface area contributed by atoms with Crippen LogP contribution in [-0.4, -0.2) is 8.42 Å². The molecular formula is C13H10N2O2S. The highest BCUT2D eigenvalue weighted by molar-refractivity contribution is 7.89. The zero-order valence-corrected chi connectivity index (χ0v) is 10.2. The third kappa shape index (κ3) is 2.56. The second kappa shape index (κ2) is 4.61. The highest BCUT2D eigenvalue weighted by Gasteiger charge is 2.07. The number of primary sulfonamides is 1. The van der Waals surface area contributed by atoms with E-state index in [0.29, 0.717) is 5.56 Å². The van der Waals surface area contributed by atoms with Crippen LogP contribution in [0.15, 0.2) is 53.4 Å². The second-order valence-electron chi connectivity index (χ2n) is 3.76. The van der Waals surface area contributed by atoms with Crippen LogP contribution in [0.1, 0.15) is 5.56 Å². The van der Waals surface area contributed by atoms with Crippen molar-refractivity contribution < 1.29 is 8.42 Å². The molecule has 4 nitrogen and oxygen atoms in total. The van der Waals surface area contributed by atoms with Crippen LogP contribution in [0.25, 0.3) is 11.1 Å². The van der Waals surface area contributed by atoms with Crippen LogP contribution in [0.4, 0.5) is 0 Å². The average Bonchev–Trinajstić information content (AvgIpc) is 2.38. The maximum Gasteiger partial charge on any atom is 0.238 e. The van der Waals surface area contributed by atoms with Crippen LogP contribution >= 0.6 is 0 Å². The molecule has 2 aromatic rings. The van der Waals surface area contributed by atoms with Gasteiger partial charge >= 0.3 is 0 Å². The van der Waals surface area contributed by atoms with Crippen molar-refractivity contribution in [2.45, 2.75) is 4.90 Å². The summed E-state index contributed by atoms with van der Waals surface area (Å²) in [4.78, 5) is 0.0832. The molecule has 0 unspecified atom stereocenters. The monoisotopic (exact) mass is 258 g/mol. The largest absolute Gasteiger partial charge is 0.238 e. The number of benzene rings is 2. The molecule has 0 bridgehead atoms. The first-order chi connectivity index (χ1) is 8.50. The zero-order chi connectivity index (χ0) is 13.2. The highest BCUT2D eigenvalue weighted by atomic mass is 32.2. The Hall–Kier alpha value is -2.16. The lowest BCUT2D eigenvalue weighted by molar-refractivity contribution is 0.598. The van der Waals surface area contributed by atoms with Gasteiger partial charge in [0.1, 0.15) is 0 Å². The molecule has 0 saturated heterocycles. The lowest BCUT2D eigenvalue weighted by Gasteiger charge is -2.03. The summed E-state index contributed by atoms with van der Waals surface area (Å²) in [6.07, 6.45) is 0. The van der Waals surface area contributed by atoms with E-state index < -0.39 is 10.0 Å². The summed E-state index contributed by atoms with van der Waals surface area (Å²) in [5.41, 5.74) is 2.36. The third-order valence-corrected chi connectivity index (χ3v) is 3.46. The van der Waals surface area contributed by atoms with Gasteiger partial charge in [-0.15, -0.1) is 0 Å². The lowest BCUT2D eigenvalue weighted by atomic mass is 10.0. The molecule has 2 rings (SSSR count). The molecule has 0 aromatic heterocycles. The van der Waals surface area contributed by atoms with E-state index in [-0.39, 0.29) is 4.90 Å². The molecule has 2 N–H and O–H groups in total. The van der Waals surface area contributed by atoms with E-state index in [2.05, 4.69) is 0 Å². The van der Waals surface area contributed by atoms with Crippen LogP contribution < -0.4 is 5.14 Å². The summed E-state index contributed by atoms with van der Waals surface area (Å²) >= 11 is 0. The van der Waals surface area contributed by atoms with Crippen molar-refractivity contribution in [1.82, 2.24) is 0 Å². The molecule has 0 fully saturated rings. The van der Waals surface area contributed by atoms with E-state index in [9.17, 15) is 8.42 Å². The first kappa shape index (κ1) is 12.3. The van der Waals surface area contributed by atoms with Gasteiger partial charge in [0, 0.05) is 0 Å². The molecule has 0 aliphatic rings. The Balaban J connectivity index is 2.38. The number of sulfonamides is 1. The maximum atomic E-state index is 11.1. The first-order valence-corrected chi connectivity index (χ1v) is 6.69. The van der Waals surface area contributed by atoms with E-state index >= 15 is 0 Å². The van der Waals surface area contributed by atoms with Crippen LogP contribution in [-0.2, 0) is 10.0 Å². The van der Waals surface area contributed by atoms with Gasteiger partial charge in [0.2, 0.25) is 10.0 Å². The molecule has 18 heavy (non-hydrogen) atoms. The van der Waals surface area contributed by atoms with Crippen molar-refractivity contribution in [3.8, 4) is 17.2 Å². The molecule has 2 aromatic carbocycles. The van der Waals surface area contributed by atoms with Gasteiger partial charge in [0.15, 0.2) is 0 Å². The molecule has 0 amide bonds. The van der Waals surface area contributed by atoms with Crippen LogP contribution in [0.5, 0.6) is 0 Å². The molecule has 0 atom stereocenters. The smallest absolute Gasteiger partial charge is 0.225 e. The summed E-state index contributed by atoms with van der Waals surface area (Å²) in [5.74, 6) is 0. The predicted molar refractivity (Wildman–Crippen MR) is 68.0 cm³/mol. The van der Waals surface area contributed by atoms with Crippen molar-refractivity contribution in [2.75, 3.05) is 0 Å². The van der Waals surface area contributed by atoms with Gasteiger partial charge in [0.05, 0.1) is 16.5 Å². The lowest BCUT2D eigenvalue weighted by Crippen LogP contribution is -2.11. The summed E-state index contributed by atoms with van der Waals surface area (Å²) < 4.78 is 22.2. The Bertz CT molecular complexity index is 696. The number of nitrogens with zero attached hydrogens (tertiary/aromatic N) is 1. The normalized spacial score (nSPS) is 10.9. The van der Waals surface area contributed by atoms with Crippen LogP contribution in [0.3, 0.4) is 0 Å². The Morgan fingerprint density at radius 1 is 0.889 bits per heavy atom. The molecule has 90 valence electrons. The van der Waals surface area contributed by atoms with Gasteiger partial charge in [-0.2, -0.15) is 5.26 Å². The quantitative estimate of drug-likeness (QED) is 0.892. The van der Waals surface area contributed by atoms with E-state index in [0.717, 1.165) is 11.1 Å². The van der Waals surface area contributed by atoms with Crippen molar-refractivity contribution in [2.24, 2.45) is 5.14 Å². The number of hydrogen-bond acceptors (Lipinski definition) is 3. The molecule has 0 aliphatic carbocycles. The Labute approximate surface area is 105 Å². The van der Waals surface area contributed by atoms with E-state index in [1.807, 2.05) is 18.2 Å². The van der Waals surface area contributed by atoms with Gasteiger partial charge in [-0.05, 0) is 35.4 Å². The number of nitrogens with two attached hydrogens (primary N) is 1. The Kier molecular flexibility index (Phi) is 3.15. The zero-order valence-electron chi connectivity index (χ0n) is 9.37. The predicted octanol–water partition coefficient (Wildman–Crippen LogP) is 1.87. The van der Waals surface area contributed by atoms with Crippen molar-refractivity contribution in [1.29, 1.82) is 5.26 Å². The van der Waals surface area contributed by atoms with E-state index in [1.54, 1.807) is 24.3 Å². The van der Waals surface area contributed by atoms with Gasteiger partial charge in [0.25, 0.3) is 0 Å². The fourth-order valence-electron chi connectivity index (χ4n) is 1.57. The van der Waals surface area contributed by atoms with Crippen molar-refractivity contribution >= 4 is 10.0 Å². The number of rotatable bonds is 2. The summed E-state index contributed by atoms with van der Waals surface area (Å²) in [5, 5.41) is 13.7. The summed E-state index contributed by atoms with van der Waals surface area (Å²) in [6, 6.07) is 15.4. The SMILES string of the molecule is N#Cc1ccc(-c2ccc(S(N)(=O)=O)cc2)cc1. The average molecular weight is 258 g/mol. The highest BCUT2D eigenvalue weighted by Crippen LogP contribution is 2.21. The van der Waals surface area contributed by atoms with Crippen LogP contribution in [0, 0.1) is 11.3 Å². The van der Waals surface area contributed by atoms with Crippen LogP contribution in [0.2, 0.25) is 0 Å². The van der Waals surface area contributed by atoms with Gasteiger partial charge < -0.3 is 0 Å². The first-order valence-electron chi connectivity index (χ1n) is 5.14. The topological polar surface area (TPSA) is 83.9 Å². The third-order valence-electron chi connectivity index (χ3n) is 2.53. The van der Waals surface area contributed by atoms with E-state index in [1.165, 1.54) is 12.1 Å². The Morgan fingerprint density at radius 3 is 1.72 bits per heavy atom. The standard InChI is InChI=1S/C13H10N2O2S/c14-9-10-1-3-11(4-2-10)12-5-7-13(8-6-12)18(15,16)17/h1-8H,(H2,15,16,17). The fourth-order valence-corrected chi connectivity index (χ4v) is 2.09. The molecule has 0 spiro atoms. The fraction of sp³-hybridized carbons (Fsp3) is 0. The molecule has 0 aliphatic heterocycles. The molecule has 0 saturated carbocycles. The minimum absolute atomic E-state index is 0.0832. The maximum absolute atomic E-state index is 11.1. The molecule has 5 heteroatoms.